The first-order chi connectivity index (χ1) is 17.1. The highest BCUT2D eigenvalue weighted by Gasteiger charge is 2.26. The molecule has 188 valence electrons. The summed E-state index contributed by atoms with van der Waals surface area (Å²) in [6, 6.07) is 8.37. The Morgan fingerprint density at radius 1 is 1.00 bits per heavy atom. The number of nitrogens with zero attached hydrogens (tertiary/aromatic N) is 6. The van der Waals surface area contributed by atoms with Crippen molar-refractivity contribution in [1.29, 1.82) is 0 Å². The molecule has 10 heteroatoms. The van der Waals surface area contributed by atoms with Crippen LogP contribution >= 0.6 is 0 Å². The molecule has 1 amide bonds. The molecule has 3 fully saturated rings. The van der Waals surface area contributed by atoms with Crippen LogP contribution < -0.4 is 14.5 Å². The van der Waals surface area contributed by atoms with Gasteiger partial charge in [0.2, 0.25) is 0 Å². The molecule has 9 nitrogen and oxygen atoms in total. The van der Waals surface area contributed by atoms with E-state index in [1.165, 1.54) is 32.1 Å². The van der Waals surface area contributed by atoms with Crippen molar-refractivity contribution in [3.8, 4) is 5.75 Å². The number of rotatable bonds is 6. The number of hydrogen-bond acceptors (Lipinski definition) is 8. The third kappa shape index (κ3) is 5.48. The molecule has 0 spiro atoms. The van der Waals surface area contributed by atoms with Crippen LogP contribution in [-0.4, -0.2) is 105 Å². The van der Waals surface area contributed by atoms with Crippen molar-refractivity contribution in [3.63, 3.8) is 0 Å². The van der Waals surface area contributed by atoms with Crippen molar-refractivity contribution in [2.24, 2.45) is 0 Å². The summed E-state index contributed by atoms with van der Waals surface area (Å²) in [6.07, 6.45) is 2.75. The highest BCUT2D eigenvalue weighted by Crippen LogP contribution is 2.22. The van der Waals surface area contributed by atoms with E-state index in [4.69, 9.17) is 9.47 Å². The second-order valence-corrected chi connectivity index (χ2v) is 9.30. The molecule has 1 aromatic carbocycles. The molecule has 1 aromatic heterocycles. The van der Waals surface area contributed by atoms with E-state index >= 15 is 0 Å². The third-order valence-corrected chi connectivity index (χ3v) is 7.11. The topological polar surface area (TPSA) is 74.3 Å². The van der Waals surface area contributed by atoms with E-state index in [0.717, 1.165) is 51.0 Å². The number of carbonyl (C=O) groups is 1. The molecule has 0 aliphatic carbocycles. The molecule has 1 unspecified atom stereocenters. The molecule has 1 atom stereocenters. The Bertz CT molecular complexity index is 1000. The second kappa shape index (κ2) is 10.7. The van der Waals surface area contributed by atoms with Crippen LogP contribution in [0.1, 0.15) is 23.2 Å². The molecular weight excluding hydrogens is 451 g/mol. The van der Waals surface area contributed by atoms with Crippen LogP contribution in [0.15, 0.2) is 30.3 Å². The minimum absolute atomic E-state index is 0.133. The number of anilines is 2. The number of carbonyl (C=O) groups excluding carboxylic acids is 1. The Kier molecular flexibility index (Phi) is 7.29. The Morgan fingerprint density at radius 2 is 1.66 bits per heavy atom. The smallest absolute Gasteiger partial charge is 0.254 e. The van der Waals surface area contributed by atoms with Crippen molar-refractivity contribution in [3.05, 3.63) is 41.7 Å². The van der Waals surface area contributed by atoms with E-state index in [2.05, 4.69) is 24.9 Å². The summed E-state index contributed by atoms with van der Waals surface area (Å²) in [5.41, 5.74) is 0.330. The summed E-state index contributed by atoms with van der Waals surface area (Å²) in [7, 11) is 1.41. The van der Waals surface area contributed by atoms with E-state index in [-0.39, 0.29) is 11.7 Å². The maximum Gasteiger partial charge on any atom is 0.254 e. The lowest BCUT2D eigenvalue weighted by Crippen LogP contribution is -2.49. The van der Waals surface area contributed by atoms with Crippen LogP contribution in [-0.2, 0) is 4.74 Å². The Hall–Kier alpha value is -2.98. The van der Waals surface area contributed by atoms with Gasteiger partial charge in [-0.05, 0) is 43.2 Å². The van der Waals surface area contributed by atoms with Gasteiger partial charge in [-0.2, -0.15) is 0 Å². The van der Waals surface area contributed by atoms with Gasteiger partial charge in [-0.3, -0.25) is 9.69 Å². The maximum atomic E-state index is 14.0. The fourth-order valence-electron chi connectivity index (χ4n) is 5.01. The summed E-state index contributed by atoms with van der Waals surface area (Å²) >= 11 is 0. The summed E-state index contributed by atoms with van der Waals surface area (Å²) in [5, 5.41) is 8.96. The van der Waals surface area contributed by atoms with Crippen LogP contribution in [0.4, 0.5) is 16.0 Å². The van der Waals surface area contributed by atoms with Gasteiger partial charge < -0.3 is 24.2 Å². The van der Waals surface area contributed by atoms with Crippen LogP contribution in [0.5, 0.6) is 5.75 Å². The summed E-state index contributed by atoms with van der Waals surface area (Å²) in [4.78, 5) is 21.4. The van der Waals surface area contributed by atoms with Gasteiger partial charge in [-0.25, -0.2) is 4.39 Å². The lowest BCUT2D eigenvalue weighted by atomic mass is 10.1. The number of methoxy groups -OCH3 is 1. The zero-order chi connectivity index (χ0) is 24.2. The molecule has 0 N–H and O–H groups in total. The van der Waals surface area contributed by atoms with Crippen LogP contribution in [0.2, 0.25) is 0 Å². The van der Waals surface area contributed by atoms with Gasteiger partial charge in [0.15, 0.2) is 23.2 Å². The molecule has 3 aliphatic heterocycles. The minimum atomic E-state index is -0.531. The number of halogens is 1. The lowest BCUT2D eigenvalue weighted by Gasteiger charge is -2.37. The number of hydrogen-bond donors (Lipinski definition) is 0. The molecule has 0 bridgehead atoms. The summed E-state index contributed by atoms with van der Waals surface area (Å²) in [6.45, 7) is 8.22. The van der Waals surface area contributed by atoms with E-state index in [1.54, 1.807) is 11.0 Å². The van der Waals surface area contributed by atoms with E-state index in [9.17, 15) is 9.18 Å². The molecule has 35 heavy (non-hydrogen) atoms. The monoisotopic (exact) mass is 484 g/mol. The quantitative estimate of drug-likeness (QED) is 0.616. The highest BCUT2D eigenvalue weighted by molar-refractivity contribution is 5.94. The van der Waals surface area contributed by atoms with Gasteiger partial charge in [-0.15, -0.1) is 10.2 Å². The van der Waals surface area contributed by atoms with Crippen molar-refractivity contribution in [1.82, 2.24) is 20.0 Å². The maximum absolute atomic E-state index is 14.0. The van der Waals surface area contributed by atoms with Gasteiger partial charge in [0.25, 0.3) is 5.91 Å². The van der Waals surface area contributed by atoms with Crippen molar-refractivity contribution in [2.75, 3.05) is 82.4 Å². The second-order valence-electron chi connectivity index (χ2n) is 9.30. The number of piperazine rings is 2. The van der Waals surface area contributed by atoms with Gasteiger partial charge in [0.1, 0.15) is 0 Å². The molecule has 4 heterocycles. The zero-order valence-corrected chi connectivity index (χ0v) is 20.2. The van der Waals surface area contributed by atoms with Crippen molar-refractivity contribution >= 4 is 17.5 Å². The number of amides is 1. The first kappa shape index (κ1) is 23.7. The molecule has 2 aromatic rings. The summed E-state index contributed by atoms with van der Waals surface area (Å²) in [5.74, 6) is 1.14. The lowest BCUT2D eigenvalue weighted by molar-refractivity contribution is 0.0712. The molecule has 0 saturated carbocycles. The molecular formula is C25H33FN6O3. The molecule has 0 radical (unpaired) electrons. The number of aromatic nitrogens is 2. The fraction of sp³-hybridized carbons (Fsp3) is 0.560. The standard InChI is InChI=1S/C25H33FN6O3/c1-34-22-5-4-19(17-21(22)26)25(33)32-14-12-31(13-15-32)24-7-6-23(27-28-24)30-10-8-29(9-11-30)18-20-3-2-16-35-20/h4-7,17,20H,2-3,8-16,18H2,1H3. The van der Waals surface area contributed by atoms with Gasteiger partial charge in [0, 0.05) is 71.1 Å². The van der Waals surface area contributed by atoms with E-state index < -0.39 is 5.82 Å². The van der Waals surface area contributed by atoms with Gasteiger partial charge in [0.05, 0.1) is 13.2 Å². The van der Waals surface area contributed by atoms with Crippen molar-refractivity contribution < 1.29 is 18.7 Å². The minimum Gasteiger partial charge on any atom is -0.494 e. The van der Waals surface area contributed by atoms with E-state index in [1.807, 2.05) is 12.1 Å². The van der Waals surface area contributed by atoms with Gasteiger partial charge >= 0.3 is 0 Å². The largest absolute Gasteiger partial charge is 0.494 e. The highest BCUT2D eigenvalue weighted by atomic mass is 19.1. The van der Waals surface area contributed by atoms with Gasteiger partial charge in [-0.1, -0.05) is 0 Å². The Morgan fingerprint density at radius 3 is 2.20 bits per heavy atom. The SMILES string of the molecule is COc1ccc(C(=O)N2CCN(c3ccc(N4CCN(CC5CCCO5)CC4)nn3)CC2)cc1F. The predicted octanol–water partition coefficient (Wildman–Crippen LogP) is 1.89. The normalized spacial score (nSPS) is 21.4. The number of ether oxygens (including phenoxy) is 2. The van der Waals surface area contributed by atoms with E-state index in [0.29, 0.717) is 37.8 Å². The summed E-state index contributed by atoms with van der Waals surface area (Å²) < 4.78 is 24.7. The fourth-order valence-corrected chi connectivity index (χ4v) is 5.01. The predicted molar refractivity (Wildman–Crippen MR) is 131 cm³/mol. The molecule has 3 saturated heterocycles. The average molecular weight is 485 g/mol. The Labute approximate surface area is 205 Å². The van der Waals surface area contributed by atoms with Crippen LogP contribution in [0, 0.1) is 5.82 Å². The van der Waals surface area contributed by atoms with Crippen molar-refractivity contribution in [2.45, 2.75) is 18.9 Å². The van der Waals surface area contributed by atoms with Crippen LogP contribution in [0.3, 0.4) is 0 Å². The first-order valence-corrected chi connectivity index (χ1v) is 12.4. The molecule has 5 rings (SSSR count). The molecule has 3 aliphatic rings. The average Bonchev–Trinajstić information content (AvgIpc) is 3.42. The third-order valence-electron chi connectivity index (χ3n) is 7.11. The van der Waals surface area contributed by atoms with Crippen LogP contribution in [0.25, 0.3) is 0 Å². The first-order valence-electron chi connectivity index (χ1n) is 12.4. The Balaban J connectivity index is 1.10. The zero-order valence-electron chi connectivity index (χ0n) is 20.2. The number of benzene rings is 1.